The highest BCUT2D eigenvalue weighted by Gasteiger charge is 2.20. The molecular weight excluding hydrogens is 520 g/mol. The molecule has 0 aliphatic carbocycles. The monoisotopic (exact) mass is 552 g/mol. The highest BCUT2D eigenvalue weighted by Crippen LogP contribution is 2.35. The molecule has 0 fully saturated rings. The Morgan fingerprint density at radius 1 is 0.634 bits per heavy atom. The Bertz CT molecular complexity index is 1910. The smallest absolute Gasteiger partial charge is 0.137 e. The molecule has 41 heavy (non-hydrogen) atoms. The number of ether oxygens (including phenoxy) is 1. The van der Waals surface area contributed by atoms with E-state index in [9.17, 15) is 0 Å². The first kappa shape index (κ1) is 25.2. The topological polar surface area (TPSA) is 33.5 Å². The Hall–Kier alpha value is -4.81. The third-order valence-electron chi connectivity index (χ3n) is 7.69. The molecule has 1 aliphatic heterocycles. The minimum Gasteiger partial charge on any atom is -0.457 e. The van der Waals surface area contributed by atoms with Crippen LogP contribution in [0.5, 0.6) is 11.5 Å². The zero-order chi connectivity index (χ0) is 28.0. The molecule has 5 nitrogen and oxygen atoms in total. The Morgan fingerprint density at radius 3 is 2.17 bits per heavy atom. The van der Waals surface area contributed by atoms with Gasteiger partial charge in [-0.05, 0) is 54.6 Å². The van der Waals surface area contributed by atoms with E-state index in [1.54, 1.807) is 0 Å². The second-order valence-corrected chi connectivity index (χ2v) is 16.6. The van der Waals surface area contributed by atoms with Crippen molar-refractivity contribution in [2.45, 2.75) is 19.6 Å². The molecule has 202 valence electrons. The van der Waals surface area contributed by atoms with E-state index in [1.165, 1.54) is 21.6 Å². The number of anilines is 2. The number of rotatable bonds is 6. The summed E-state index contributed by atoms with van der Waals surface area (Å²) in [4.78, 5) is 9.27. The lowest BCUT2D eigenvalue weighted by molar-refractivity contribution is 0.483. The predicted octanol–water partition coefficient (Wildman–Crippen LogP) is 8.27. The summed E-state index contributed by atoms with van der Waals surface area (Å²) in [6.45, 7) is 7.86. The SMILES string of the molecule is C[Si](C)(C)c1ccnc(-n2c3ccccc3c3ccc(Oc4cccc(N5C=CN(c6ccccc6)C5)c4)cc32)c1. The number of aromatic nitrogens is 2. The van der Waals surface area contributed by atoms with Crippen molar-refractivity contribution in [3.63, 3.8) is 0 Å². The molecule has 4 aromatic carbocycles. The molecule has 0 unspecified atom stereocenters. The molecular formula is C35H32N4OSi. The first-order valence-electron chi connectivity index (χ1n) is 14.0. The van der Waals surface area contributed by atoms with Crippen LogP contribution < -0.4 is 19.7 Å². The molecule has 3 heterocycles. The van der Waals surface area contributed by atoms with E-state index < -0.39 is 8.07 Å². The third kappa shape index (κ3) is 4.76. The maximum absolute atomic E-state index is 6.47. The van der Waals surface area contributed by atoms with E-state index in [0.717, 1.165) is 40.7 Å². The molecule has 2 aromatic heterocycles. The number of para-hydroxylation sites is 2. The van der Waals surface area contributed by atoms with Crippen LogP contribution >= 0.6 is 0 Å². The number of hydrogen-bond acceptors (Lipinski definition) is 4. The molecule has 6 aromatic rings. The first-order chi connectivity index (χ1) is 19.9. The number of nitrogens with zero attached hydrogens (tertiary/aromatic N) is 4. The number of benzene rings is 4. The summed E-state index contributed by atoms with van der Waals surface area (Å²) in [5, 5.41) is 3.78. The van der Waals surface area contributed by atoms with Crippen LogP contribution in [-0.2, 0) is 0 Å². The van der Waals surface area contributed by atoms with Crippen molar-refractivity contribution in [1.82, 2.24) is 9.55 Å². The van der Waals surface area contributed by atoms with E-state index in [4.69, 9.17) is 9.72 Å². The summed E-state index contributed by atoms with van der Waals surface area (Å²) < 4.78 is 8.74. The lowest BCUT2D eigenvalue weighted by atomic mass is 10.1. The normalized spacial score (nSPS) is 13.4. The van der Waals surface area contributed by atoms with Crippen molar-refractivity contribution in [3.05, 3.63) is 128 Å². The Kier molecular flexibility index (Phi) is 6.13. The van der Waals surface area contributed by atoms with Crippen molar-refractivity contribution in [2.24, 2.45) is 0 Å². The van der Waals surface area contributed by atoms with Gasteiger partial charge in [0.25, 0.3) is 0 Å². The van der Waals surface area contributed by atoms with E-state index in [0.29, 0.717) is 0 Å². The van der Waals surface area contributed by atoms with Gasteiger partial charge in [-0.2, -0.15) is 0 Å². The maximum Gasteiger partial charge on any atom is 0.137 e. The summed E-state index contributed by atoms with van der Waals surface area (Å²) in [6, 6.07) is 38.0. The van der Waals surface area contributed by atoms with Gasteiger partial charge in [-0.3, -0.25) is 4.57 Å². The second-order valence-electron chi connectivity index (χ2n) is 11.5. The maximum atomic E-state index is 6.47. The van der Waals surface area contributed by atoms with Gasteiger partial charge in [0, 0.05) is 52.9 Å². The van der Waals surface area contributed by atoms with Crippen LogP contribution in [-0.4, -0.2) is 24.3 Å². The fraction of sp³-hybridized carbons (Fsp3) is 0.114. The minimum atomic E-state index is -1.50. The number of pyridine rings is 1. The average Bonchev–Trinajstić information content (AvgIpc) is 3.61. The van der Waals surface area contributed by atoms with Crippen LogP contribution in [0.2, 0.25) is 19.6 Å². The van der Waals surface area contributed by atoms with Gasteiger partial charge in [-0.15, -0.1) is 0 Å². The minimum absolute atomic E-state index is 0.753. The van der Waals surface area contributed by atoms with Crippen LogP contribution in [0.25, 0.3) is 27.6 Å². The van der Waals surface area contributed by atoms with E-state index in [-0.39, 0.29) is 0 Å². The van der Waals surface area contributed by atoms with Crippen molar-refractivity contribution in [3.8, 4) is 17.3 Å². The molecule has 7 rings (SSSR count). The zero-order valence-corrected chi connectivity index (χ0v) is 24.5. The second kappa shape index (κ2) is 9.98. The van der Waals surface area contributed by atoms with Gasteiger partial charge >= 0.3 is 0 Å². The van der Waals surface area contributed by atoms with Crippen molar-refractivity contribution < 1.29 is 4.74 Å². The zero-order valence-electron chi connectivity index (χ0n) is 23.5. The molecule has 0 saturated carbocycles. The van der Waals surface area contributed by atoms with Gasteiger partial charge in [-0.1, -0.05) is 67.3 Å². The fourth-order valence-electron chi connectivity index (χ4n) is 5.50. The summed E-state index contributed by atoms with van der Waals surface area (Å²) in [5.74, 6) is 2.54. The summed E-state index contributed by atoms with van der Waals surface area (Å²) in [7, 11) is -1.50. The Balaban J connectivity index is 1.23. The van der Waals surface area contributed by atoms with Crippen molar-refractivity contribution in [1.29, 1.82) is 0 Å². The van der Waals surface area contributed by atoms with E-state index in [1.807, 2.05) is 24.4 Å². The van der Waals surface area contributed by atoms with Crippen LogP contribution in [0, 0.1) is 0 Å². The molecule has 0 N–H and O–H groups in total. The molecule has 0 atom stereocenters. The van der Waals surface area contributed by atoms with Gasteiger partial charge in [0.2, 0.25) is 0 Å². The van der Waals surface area contributed by atoms with Crippen molar-refractivity contribution >= 4 is 46.4 Å². The van der Waals surface area contributed by atoms with Crippen LogP contribution in [0.3, 0.4) is 0 Å². The molecule has 0 saturated heterocycles. The molecule has 0 amide bonds. The van der Waals surface area contributed by atoms with Gasteiger partial charge in [0.15, 0.2) is 0 Å². The molecule has 0 bridgehead atoms. The quantitative estimate of drug-likeness (QED) is 0.195. The van der Waals surface area contributed by atoms with Gasteiger partial charge in [0.05, 0.1) is 25.8 Å². The molecule has 6 heteroatoms. The number of hydrogen-bond donors (Lipinski definition) is 0. The summed E-state index contributed by atoms with van der Waals surface area (Å²) >= 11 is 0. The van der Waals surface area contributed by atoms with Crippen molar-refractivity contribution in [2.75, 3.05) is 16.5 Å². The van der Waals surface area contributed by atoms with Crippen LogP contribution in [0.4, 0.5) is 11.4 Å². The Labute approximate surface area is 241 Å². The molecule has 1 aliphatic rings. The highest BCUT2D eigenvalue weighted by molar-refractivity contribution is 6.88. The fourth-order valence-corrected chi connectivity index (χ4v) is 6.64. The van der Waals surface area contributed by atoms with E-state index in [2.05, 4.69) is 137 Å². The lowest BCUT2D eigenvalue weighted by Gasteiger charge is -2.22. The Morgan fingerprint density at radius 2 is 1.34 bits per heavy atom. The molecule has 0 spiro atoms. The van der Waals surface area contributed by atoms with Crippen LogP contribution in [0.1, 0.15) is 0 Å². The highest BCUT2D eigenvalue weighted by atomic mass is 28.3. The van der Waals surface area contributed by atoms with Gasteiger partial charge < -0.3 is 14.5 Å². The lowest BCUT2D eigenvalue weighted by Crippen LogP contribution is -2.37. The standard InChI is InChI=1S/C35H32N4OSi/c1-41(2,3)30-18-19-36-35(24-30)39-33-15-8-7-14-31(33)32-17-16-29(23-34(32)39)40-28-13-9-12-27(22-28)38-21-20-37(25-38)26-10-5-4-6-11-26/h4-24H,25H2,1-3H3. The van der Waals surface area contributed by atoms with Crippen LogP contribution in [0.15, 0.2) is 128 Å². The predicted molar refractivity (Wildman–Crippen MR) is 173 cm³/mol. The first-order valence-corrected chi connectivity index (χ1v) is 17.5. The molecule has 0 radical (unpaired) electrons. The average molecular weight is 553 g/mol. The number of fused-ring (bicyclic) bond motifs is 3. The third-order valence-corrected chi connectivity index (χ3v) is 9.73. The summed E-state index contributed by atoms with van der Waals surface area (Å²) in [6.07, 6.45) is 6.17. The van der Waals surface area contributed by atoms with Gasteiger partial charge in [-0.25, -0.2) is 4.98 Å². The van der Waals surface area contributed by atoms with Gasteiger partial charge in [0.1, 0.15) is 17.3 Å². The van der Waals surface area contributed by atoms with E-state index >= 15 is 0 Å². The summed E-state index contributed by atoms with van der Waals surface area (Å²) in [5.41, 5.74) is 4.48. The largest absolute Gasteiger partial charge is 0.457 e.